The third-order valence-corrected chi connectivity index (χ3v) is 2.18. The van der Waals surface area contributed by atoms with E-state index in [1.54, 1.807) is 0 Å². The maximum atomic E-state index is 13.2. The molecule has 0 aliphatic carbocycles. The molecule has 0 fully saturated rings. The summed E-state index contributed by atoms with van der Waals surface area (Å²) in [6, 6.07) is 4.04. The number of ether oxygens (including phenoxy) is 1. The number of para-hydroxylation sites is 1. The summed E-state index contributed by atoms with van der Waals surface area (Å²) in [6.45, 7) is 0.511. The van der Waals surface area contributed by atoms with Crippen LogP contribution in [0.2, 0.25) is 0 Å². The van der Waals surface area contributed by atoms with Crippen molar-refractivity contribution in [1.29, 1.82) is 0 Å². The summed E-state index contributed by atoms with van der Waals surface area (Å²) in [5.74, 6) is -3.59. The van der Waals surface area contributed by atoms with Crippen LogP contribution >= 0.6 is 0 Å². The van der Waals surface area contributed by atoms with Crippen LogP contribution in [0, 0.1) is 0 Å². The van der Waals surface area contributed by atoms with Gasteiger partial charge in [-0.15, -0.1) is 0 Å². The van der Waals surface area contributed by atoms with Gasteiger partial charge in [0.25, 0.3) is 5.92 Å². The number of hydrogen-bond donors (Lipinski definition) is 1. The Bertz CT molecular complexity index is 399. The molecule has 1 aromatic carbocycles. The largest absolute Gasteiger partial charge is 0.495 e. The first kappa shape index (κ1) is 12.6. The molecule has 88 valence electrons. The number of Topliss-reactive ketones (excluding diaryl/α,β-unsaturated/α-hetero) is 1. The summed E-state index contributed by atoms with van der Waals surface area (Å²) in [6.07, 6.45) is 0. The first-order valence-electron chi connectivity index (χ1n) is 4.70. The van der Waals surface area contributed by atoms with Crippen molar-refractivity contribution >= 4 is 5.78 Å². The molecule has 3 nitrogen and oxygen atoms in total. The van der Waals surface area contributed by atoms with Gasteiger partial charge in [-0.1, -0.05) is 6.07 Å². The van der Waals surface area contributed by atoms with E-state index >= 15 is 0 Å². The van der Waals surface area contributed by atoms with E-state index in [1.165, 1.54) is 25.3 Å². The van der Waals surface area contributed by atoms with Gasteiger partial charge in [0.05, 0.1) is 24.8 Å². The van der Waals surface area contributed by atoms with E-state index in [1.807, 2.05) is 0 Å². The fourth-order valence-corrected chi connectivity index (χ4v) is 1.43. The molecule has 0 saturated heterocycles. The molecule has 0 heterocycles. The van der Waals surface area contributed by atoms with Crippen molar-refractivity contribution in [3.63, 3.8) is 0 Å². The predicted molar refractivity (Wildman–Crippen MR) is 55.9 cm³/mol. The zero-order valence-electron chi connectivity index (χ0n) is 9.09. The van der Waals surface area contributed by atoms with Gasteiger partial charge in [-0.3, -0.25) is 4.79 Å². The molecule has 0 amide bonds. The molecule has 2 N–H and O–H groups in total. The minimum absolute atomic E-state index is 0.0871. The van der Waals surface area contributed by atoms with Gasteiger partial charge >= 0.3 is 0 Å². The van der Waals surface area contributed by atoms with E-state index in [-0.39, 0.29) is 23.4 Å². The third-order valence-electron chi connectivity index (χ3n) is 2.18. The van der Waals surface area contributed by atoms with Crippen molar-refractivity contribution in [3.05, 3.63) is 29.3 Å². The lowest BCUT2D eigenvalue weighted by molar-refractivity contribution is 0.0150. The molecule has 0 radical (unpaired) electrons. The van der Waals surface area contributed by atoms with Gasteiger partial charge < -0.3 is 10.5 Å². The number of ketones is 1. The Morgan fingerprint density at radius 3 is 2.56 bits per heavy atom. The highest BCUT2D eigenvalue weighted by Crippen LogP contribution is 2.36. The van der Waals surface area contributed by atoms with E-state index in [9.17, 15) is 13.6 Å². The maximum Gasteiger partial charge on any atom is 0.274 e. The van der Waals surface area contributed by atoms with Crippen LogP contribution in [0.1, 0.15) is 22.8 Å². The van der Waals surface area contributed by atoms with Gasteiger partial charge in [0.1, 0.15) is 5.75 Å². The van der Waals surface area contributed by atoms with E-state index in [4.69, 9.17) is 10.5 Å². The molecule has 1 aromatic rings. The summed E-state index contributed by atoms with van der Waals surface area (Å²) >= 11 is 0. The number of nitrogens with two attached hydrogens (primary N) is 1. The van der Waals surface area contributed by atoms with Crippen LogP contribution in [0.25, 0.3) is 0 Å². The standard InChI is InChI=1S/C11H13F2NO2/c1-11(12,13)8-5-3-4-7(9(15)6-14)10(8)16-2/h3-5H,6,14H2,1-2H3. The normalized spacial score (nSPS) is 11.3. The van der Waals surface area contributed by atoms with Gasteiger partial charge in [0.2, 0.25) is 0 Å². The van der Waals surface area contributed by atoms with Crippen LogP contribution in [0.5, 0.6) is 5.75 Å². The molecule has 0 spiro atoms. The number of methoxy groups -OCH3 is 1. The zero-order chi connectivity index (χ0) is 12.3. The minimum atomic E-state index is -3.06. The van der Waals surface area contributed by atoms with Crippen molar-refractivity contribution in [2.45, 2.75) is 12.8 Å². The lowest BCUT2D eigenvalue weighted by Crippen LogP contribution is -2.17. The van der Waals surface area contributed by atoms with Crippen molar-refractivity contribution in [2.75, 3.05) is 13.7 Å². The fourth-order valence-electron chi connectivity index (χ4n) is 1.43. The zero-order valence-corrected chi connectivity index (χ0v) is 9.09. The maximum absolute atomic E-state index is 13.2. The molecule has 0 aromatic heterocycles. The second kappa shape index (κ2) is 4.57. The summed E-state index contributed by atoms with van der Waals surface area (Å²) in [5.41, 5.74) is 4.97. The number of rotatable bonds is 4. The molecule has 0 atom stereocenters. The van der Waals surface area contributed by atoms with E-state index in [0.29, 0.717) is 0 Å². The lowest BCUT2D eigenvalue weighted by atomic mass is 10.0. The van der Waals surface area contributed by atoms with Crippen LogP contribution < -0.4 is 10.5 Å². The highest BCUT2D eigenvalue weighted by atomic mass is 19.3. The molecule has 0 saturated carbocycles. The Labute approximate surface area is 92.2 Å². The summed E-state index contributed by atoms with van der Waals surface area (Å²) in [7, 11) is 1.25. The minimum Gasteiger partial charge on any atom is -0.495 e. The van der Waals surface area contributed by atoms with Crippen molar-refractivity contribution in [3.8, 4) is 5.75 Å². The van der Waals surface area contributed by atoms with Gasteiger partial charge in [-0.2, -0.15) is 0 Å². The highest BCUT2D eigenvalue weighted by molar-refractivity contribution is 6.00. The monoisotopic (exact) mass is 229 g/mol. The summed E-state index contributed by atoms with van der Waals surface area (Å²) < 4.78 is 31.3. The average molecular weight is 229 g/mol. The van der Waals surface area contributed by atoms with Gasteiger partial charge in [-0.25, -0.2) is 8.78 Å². The Kier molecular flexibility index (Phi) is 3.59. The average Bonchev–Trinajstić information content (AvgIpc) is 2.25. The first-order chi connectivity index (χ1) is 7.41. The van der Waals surface area contributed by atoms with Gasteiger partial charge in [0.15, 0.2) is 5.78 Å². The summed E-state index contributed by atoms with van der Waals surface area (Å²) in [5, 5.41) is 0. The van der Waals surface area contributed by atoms with Crippen LogP contribution in [0.4, 0.5) is 8.78 Å². The Balaban J connectivity index is 3.38. The number of alkyl halides is 2. The number of hydrogen-bond acceptors (Lipinski definition) is 3. The van der Waals surface area contributed by atoms with Crippen LogP contribution in [0.3, 0.4) is 0 Å². The van der Waals surface area contributed by atoms with Crippen molar-refractivity contribution in [1.82, 2.24) is 0 Å². The SMILES string of the molecule is COc1c(C(=O)CN)cccc1C(C)(F)F. The quantitative estimate of drug-likeness (QED) is 0.803. The number of benzene rings is 1. The lowest BCUT2D eigenvalue weighted by Gasteiger charge is -2.17. The molecular formula is C11H13F2NO2. The summed E-state index contributed by atoms with van der Waals surface area (Å²) in [4.78, 5) is 11.4. The second-order valence-electron chi connectivity index (χ2n) is 3.40. The molecule has 0 bridgehead atoms. The third kappa shape index (κ3) is 2.36. The van der Waals surface area contributed by atoms with E-state index in [2.05, 4.69) is 0 Å². The number of halogens is 2. The number of carbonyl (C=O) groups excluding carboxylic acids is 1. The van der Waals surface area contributed by atoms with Crippen LogP contribution in [-0.2, 0) is 5.92 Å². The molecule has 0 unspecified atom stereocenters. The topological polar surface area (TPSA) is 52.3 Å². The molecule has 0 aliphatic rings. The molecule has 16 heavy (non-hydrogen) atoms. The predicted octanol–water partition coefficient (Wildman–Crippen LogP) is 1.95. The molecular weight excluding hydrogens is 216 g/mol. The van der Waals surface area contributed by atoms with Crippen LogP contribution in [-0.4, -0.2) is 19.4 Å². The number of carbonyl (C=O) groups is 1. The van der Waals surface area contributed by atoms with Crippen molar-refractivity contribution < 1.29 is 18.3 Å². The van der Waals surface area contributed by atoms with Crippen molar-refractivity contribution in [2.24, 2.45) is 5.73 Å². The molecule has 1 rings (SSSR count). The second-order valence-corrected chi connectivity index (χ2v) is 3.40. The fraction of sp³-hybridized carbons (Fsp3) is 0.364. The Morgan fingerprint density at radius 2 is 2.12 bits per heavy atom. The Morgan fingerprint density at radius 1 is 1.50 bits per heavy atom. The van der Waals surface area contributed by atoms with E-state index < -0.39 is 11.7 Å². The molecule has 0 aliphatic heterocycles. The van der Waals surface area contributed by atoms with E-state index in [0.717, 1.165) is 6.92 Å². The molecule has 5 heteroatoms. The highest BCUT2D eigenvalue weighted by Gasteiger charge is 2.30. The Hall–Kier alpha value is -1.49. The van der Waals surface area contributed by atoms with Gasteiger partial charge in [-0.05, 0) is 12.1 Å². The van der Waals surface area contributed by atoms with Gasteiger partial charge in [0, 0.05) is 6.92 Å². The smallest absolute Gasteiger partial charge is 0.274 e. The van der Waals surface area contributed by atoms with Crippen LogP contribution in [0.15, 0.2) is 18.2 Å². The first-order valence-corrected chi connectivity index (χ1v) is 4.70.